The molecule has 0 saturated heterocycles. The van der Waals surface area contributed by atoms with E-state index in [2.05, 4.69) is 4.74 Å². The van der Waals surface area contributed by atoms with Gasteiger partial charge in [-0.2, -0.15) is 0 Å². The summed E-state index contributed by atoms with van der Waals surface area (Å²) in [4.78, 5) is 35.2. The highest BCUT2D eigenvalue weighted by Gasteiger charge is 2.25. The van der Waals surface area contributed by atoms with Gasteiger partial charge in [-0.3, -0.25) is 14.4 Å². The maximum absolute atomic E-state index is 12.3. The topological polar surface area (TPSA) is 60.4 Å². The Morgan fingerprint density at radius 1 is 1.05 bits per heavy atom. The van der Waals surface area contributed by atoms with E-state index in [1.807, 2.05) is 36.4 Å². The van der Waals surface area contributed by atoms with E-state index in [-0.39, 0.29) is 24.4 Å². The summed E-state index contributed by atoms with van der Waals surface area (Å²) in [5, 5.41) is 2.06. The molecule has 0 aromatic heterocycles. The third-order valence-corrected chi connectivity index (χ3v) is 3.71. The van der Waals surface area contributed by atoms with Gasteiger partial charge in [-0.1, -0.05) is 36.4 Å². The highest BCUT2D eigenvalue weighted by Crippen LogP contribution is 2.18. The quantitative estimate of drug-likeness (QED) is 0.467. The van der Waals surface area contributed by atoms with E-state index in [9.17, 15) is 14.4 Å². The van der Waals surface area contributed by atoms with E-state index in [1.54, 1.807) is 6.07 Å². The van der Waals surface area contributed by atoms with Crippen LogP contribution in [0.3, 0.4) is 0 Å². The molecule has 1 atom stereocenters. The van der Waals surface area contributed by atoms with Gasteiger partial charge < -0.3 is 4.74 Å². The van der Waals surface area contributed by atoms with Crippen molar-refractivity contribution in [2.45, 2.75) is 19.8 Å². The SMILES string of the molecule is COC(=O)C(CCC(=O)c1ccc2ccccc2c1)C(C)=O. The van der Waals surface area contributed by atoms with Gasteiger partial charge in [-0.15, -0.1) is 0 Å². The lowest BCUT2D eigenvalue weighted by Crippen LogP contribution is -2.24. The number of hydrogen-bond acceptors (Lipinski definition) is 4. The molecule has 22 heavy (non-hydrogen) atoms. The second-order valence-corrected chi connectivity index (χ2v) is 5.21. The Bertz CT molecular complexity index is 718. The molecule has 0 bridgehead atoms. The molecule has 2 rings (SSSR count). The average Bonchev–Trinajstić information content (AvgIpc) is 2.53. The standard InChI is InChI=1S/C18H18O4/c1-12(19)16(18(21)22-2)9-10-17(20)15-8-7-13-5-3-4-6-14(13)11-15/h3-8,11,16H,9-10H2,1-2H3. The van der Waals surface area contributed by atoms with Gasteiger partial charge in [-0.25, -0.2) is 0 Å². The van der Waals surface area contributed by atoms with Gasteiger partial charge >= 0.3 is 5.97 Å². The predicted octanol–water partition coefficient (Wildman–Crippen LogP) is 3.18. The van der Waals surface area contributed by atoms with Gasteiger partial charge in [0.1, 0.15) is 11.7 Å². The van der Waals surface area contributed by atoms with Crippen molar-refractivity contribution in [2.24, 2.45) is 5.92 Å². The van der Waals surface area contributed by atoms with Gasteiger partial charge in [0.25, 0.3) is 0 Å². The molecule has 4 nitrogen and oxygen atoms in total. The highest BCUT2D eigenvalue weighted by atomic mass is 16.5. The van der Waals surface area contributed by atoms with Crippen LogP contribution in [0, 0.1) is 5.92 Å². The van der Waals surface area contributed by atoms with Crippen LogP contribution in [0.4, 0.5) is 0 Å². The van der Waals surface area contributed by atoms with Crippen molar-refractivity contribution >= 4 is 28.3 Å². The minimum atomic E-state index is -0.866. The van der Waals surface area contributed by atoms with E-state index in [1.165, 1.54) is 14.0 Å². The van der Waals surface area contributed by atoms with Crippen LogP contribution in [0.25, 0.3) is 10.8 Å². The number of esters is 1. The van der Waals surface area contributed by atoms with Crippen molar-refractivity contribution in [3.8, 4) is 0 Å². The number of ketones is 2. The van der Waals surface area contributed by atoms with Crippen LogP contribution < -0.4 is 0 Å². The maximum atomic E-state index is 12.3. The molecular weight excluding hydrogens is 280 g/mol. The van der Waals surface area contributed by atoms with Crippen LogP contribution >= 0.6 is 0 Å². The average molecular weight is 298 g/mol. The summed E-state index contributed by atoms with van der Waals surface area (Å²) in [5.74, 6) is -1.81. The molecular formula is C18H18O4. The Labute approximate surface area is 129 Å². The lowest BCUT2D eigenvalue weighted by atomic mass is 9.95. The van der Waals surface area contributed by atoms with Crippen molar-refractivity contribution < 1.29 is 19.1 Å². The molecule has 0 spiro atoms. The number of carbonyl (C=O) groups is 3. The second-order valence-electron chi connectivity index (χ2n) is 5.21. The number of Topliss-reactive ketones (excluding diaryl/α,β-unsaturated/α-hetero) is 2. The monoisotopic (exact) mass is 298 g/mol. The van der Waals surface area contributed by atoms with E-state index >= 15 is 0 Å². The Morgan fingerprint density at radius 3 is 2.36 bits per heavy atom. The number of carbonyl (C=O) groups excluding carboxylic acids is 3. The summed E-state index contributed by atoms with van der Waals surface area (Å²) in [5.41, 5.74) is 0.589. The minimum Gasteiger partial charge on any atom is -0.468 e. The Balaban J connectivity index is 2.10. The largest absolute Gasteiger partial charge is 0.468 e. The summed E-state index contributed by atoms with van der Waals surface area (Å²) in [7, 11) is 1.24. The van der Waals surface area contributed by atoms with Gasteiger partial charge in [0.15, 0.2) is 5.78 Å². The first-order valence-corrected chi connectivity index (χ1v) is 7.13. The Hall–Kier alpha value is -2.49. The van der Waals surface area contributed by atoms with Crippen molar-refractivity contribution in [3.05, 3.63) is 48.0 Å². The molecule has 1 unspecified atom stereocenters. The van der Waals surface area contributed by atoms with Crippen LogP contribution in [0.1, 0.15) is 30.1 Å². The third-order valence-electron chi connectivity index (χ3n) is 3.71. The first-order chi connectivity index (χ1) is 10.5. The molecule has 114 valence electrons. The van der Waals surface area contributed by atoms with Crippen LogP contribution in [-0.2, 0) is 14.3 Å². The van der Waals surface area contributed by atoms with Crippen molar-refractivity contribution in [1.29, 1.82) is 0 Å². The van der Waals surface area contributed by atoms with Crippen LogP contribution in [-0.4, -0.2) is 24.6 Å². The fourth-order valence-corrected chi connectivity index (χ4v) is 2.41. The van der Waals surface area contributed by atoms with Crippen LogP contribution in [0.5, 0.6) is 0 Å². The number of fused-ring (bicyclic) bond motifs is 1. The van der Waals surface area contributed by atoms with Gasteiger partial charge in [0.2, 0.25) is 0 Å². The molecule has 0 aliphatic carbocycles. The molecule has 0 fully saturated rings. The first-order valence-electron chi connectivity index (χ1n) is 7.13. The Kier molecular flexibility index (Phi) is 5.04. The van der Waals surface area contributed by atoms with Gasteiger partial charge in [0, 0.05) is 12.0 Å². The number of hydrogen-bond donors (Lipinski definition) is 0. The molecule has 0 aliphatic heterocycles. The zero-order chi connectivity index (χ0) is 16.1. The molecule has 0 heterocycles. The molecule has 0 saturated carbocycles. The molecule has 0 aliphatic rings. The lowest BCUT2D eigenvalue weighted by Gasteiger charge is -2.10. The van der Waals surface area contributed by atoms with Gasteiger partial charge in [-0.05, 0) is 30.2 Å². The summed E-state index contributed by atoms with van der Waals surface area (Å²) in [6.45, 7) is 1.34. The van der Waals surface area contributed by atoms with Crippen molar-refractivity contribution in [2.75, 3.05) is 7.11 Å². The summed E-state index contributed by atoms with van der Waals surface area (Å²) in [6, 6.07) is 13.3. The first kappa shape index (κ1) is 15.9. The molecule has 2 aromatic carbocycles. The number of rotatable bonds is 6. The van der Waals surface area contributed by atoms with E-state index in [0.717, 1.165) is 10.8 Å². The predicted molar refractivity (Wildman–Crippen MR) is 83.7 cm³/mol. The van der Waals surface area contributed by atoms with E-state index in [0.29, 0.717) is 5.56 Å². The number of ether oxygens (including phenoxy) is 1. The molecule has 0 N–H and O–H groups in total. The summed E-state index contributed by atoms with van der Waals surface area (Å²) in [6.07, 6.45) is 0.311. The highest BCUT2D eigenvalue weighted by molar-refractivity contribution is 6.01. The van der Waals surface area contributed by atoms with Gasteiger partial charge in [0.05, 0.1) is 7.11 Å². The van der Waals surface area contributed by atoms with Crippen molar-refractivity contribution in [1.82, 2.24) is 0 Å². The minimum absolute atomic E-state index is 0.0825. The fourth-order valence-electron chi connectivity index (χ4n) is 2.41. The van der Waals surface area contributed by atoms with E-state index < -0.39 is 11.9 Å². The zero-order valence-electron chi connectivity index (χ0n) is 12.7. The number of methoxy groups -OCH3 is 1. The zero-order valence-corrected chi connectivity index (χ0v) is 12.7. The maximum Gasteiger partial charge on any atom is 0.316 e. The fraction of sp³-hybridized carbons (Fsp3) is 0.278. The molecule has 4 heteroatoms. The van der Waals surface area contributed by atoms with Crippen LogP contribution in [0.15, 0.2) is 42.5 Å². The molecule has 2 aromatic rings. The normalized spacial score (nSPS) is 11.9. The van der Waals surface area contributed by atoms with E-state index in [4.69, 9.17) is 0 Å². The molecule has 0 amide bonds. The summed E-state index contributed by atoms with van der Waals surface area (Å²) < 4.78 is 4.60. The lowest BCUT2D eigenvalue weighted by molar-refractivity contribution is -0.149. The summed E-state index contributed by atoms with van der Waals surface area (Å²) >= 11 is 0. The third kappa shape index (κ3) is 3.58. The van der Waals surface area contributed by atoms with Crippen LogP contribution in [0.2, 0.25) is 0 Å². The second kappa shape index (κ2) is 6.98. The molecule has 0 radical (unpaired) electrons. The number of benzene rings is 2. The Morgan fingerprint density at radius 2 is 1.73 bits per heavy atom. The smallest absolute Gasteiger partial charge is 0.316 e. The van der Waals surface area contributed by atoms with Crippen molar-refractivity contribution in [3.63, 3.8) is 0 Å².